The van der Waals surface area contributed by atoms with Crippen molar-refractivity contribution >= 4 is 11.6 Å². The highest BCUT2D eigenvalue weighted by Crippen LogP contribution is 2.18. The molecule has 0 radical (unpaired) electrons. The number of unbranched alkanes of at least 4 members (excludes halogenated alkanes) is 1. The van der Waals surface area contributed by atoms with E-state index in [0.717, 1.165) is 30.0 Å². The Balaban J connectivity index is 2.27. The summed E-state index contributed by atoms with van der Waals surface area (Å²) >= 11 is 5.84. The maximum absolute atomic E-state index is 5.84. The Morgan fingerprint density at radius 1 is 1.17 bits per heavy atom. The number of halogens is 1. The third kappa shape index (κ3) is 5.83. The summed E-state index contributed by atoms with van der Waals surface area (Å²) in [5.74, 6) is 0. The Bertz CT molecular complexity index is 316. The number of hydrogen-bond donors (Lipinski definition) is 1. The van der Waals surface area contributed by atoms with Gasteiger partial charge in [-0.25, -0.2) is 0 Å². The van der Waals surface area contributed by atoms with Gasteiger partial charge in [-0.2, -0.15) is 0 Å². The van der Waals surface area contributed by atoms with Gasteiger partial charge in [0.2, 0.25) is 0 Å². The standard InChI is InChI=1S/C14H22ClNO2/c1-2-3-8-17-9-10-18-14(11-16)12-4-6-13(15)7-5-12/h4-7,14H,2-3,8-11,16H2,1H3. The van der Waals surface area contributed by atoms with Crippen molar-refractivity contribution in [2.45, 2.75) is 25.9 Å². The summed E-state index contributed by atoms with van der Waals surface area (Å²) in [6.07, 6.45) is 2.16. The van der Waals surface area contributed by atoms with Crippen LogP contribution in [-0.4, -0.2) is 26.4 Å². The SMILES string of the molecule is CCCCOCCOC(CN)c1ccc(Cl)cc1. The van der Waals surface area contributed by atoms with Gasteiger partial charge in [0.15, 0.2) is 0 Å². The predicted octanol–water partition coefficient (Wildman–Crippen LogP) is 3.17. The number of ether oxygens (including phenoxy) is 2. The van der Waals surface area contributed by atoms with Crippen LogP contribution in [0.25, 0.3) is 0 Å². The normalized spacial score (nSPS) is 12.6. The van der Waals surface area contributed by atoms with Crippen molar-refractivity contribution in [2.75, 3.05) is 26.4 Å². The quantitative estimate of drug-likeness (QED) is 0.702. The van der Waals surface area contributed by atoms with Crippen LogP contribution in [0.4, 0.5) is 0 Å². The number of benzene rings is 1. The Morgan fingerprint density at radius 3 is 2.50 bits per heavy atom. The van der Waals surface area contributed by atoms with Gasteiger partial charge in [0.05, 0.1) is 19.3 Å². The first-order chi connectivity index (χ1) is 8.77. The van der Waals surface area contributed by atoms with Crippen LogP contribution < -0.4 is 5.73 Å². The molecule has 0 aliphatic heterocycles. The number of rotatable bonds is 9. The minimum absolute atomic E-state index is 0.0861. The van der Waals surface area contributed by atoms with Gasteiger partial charge in [-0.3, -0.25) is 0 Å². The Hall–Kier alpha value is -0.610. The fraction of sp³-hybridized carbons (Fsp3) is 0.571. The van der Waals surface area contributed by atoms with E-state index in [1.807, 2.05) is 24.3 Å². The summed E-state index contributed by atoms with van der Waals surface area (Å²) in [7, 11) is 0. The van der Waals surface area contributed by atoms with Gasteiger partial charge in [0, 0.05) is 18.2 Å². The molecular weight excluding hydrogens is 250 g/mol. The van der Waals surface area contributed by atoms with Gasteiger partial charge in [0.25, 0.3) is 0 Å². The van der Waals surface area contributed by atoms with Crippen LogP contribution in [0.15, 0.2) is 24.3 Å². The molecule has 0 spiro atoms. The van der Waals surface area contributed by atoms with E-state index in [1.165, 1.54) is 0 Å². The molecule has 0 aliphatic carbocycles. The Kier molecular flexibility index (Phi) is 8.01. The van der Waals surface area contributed by atoms with Crippen LogP contribution in [0.2, 0.25) is 5.02 Å². The van der Waals surface area contributed by atoms with E-state index in [9.17, 15) is 0 Å². The molecule has 0 saturated carbocycles. The van der Waals surface area contributed by atoms with Crippen LogP contribution in [0.3, 0.4) is 0 Å². The molecular formula is C14H22ClNO2. The van der Waals surface area contributed by atoms with Crippen molar-refractivity contribution < 1.29 is 9.47 Å². The van der Waals surface area contributed by atoms with Crippen LogP contribution in [0.1, 0.15) is 31.4 Å². The predicted molar refractivity (Wildman–Crippen MR) is 74.9 cm³/mol. The lowest BCUT2D eigenvalue weighted by Gasteiger charge is -2.16. The second kappa shape index (κ2) is 9.34. The van der Waals surface area contributed by atoms with Gasteiger partial charge < -0.3 is 15.2 Å². The molecule has 0 saturated heterocycles. The van der Waals surface area contributed by atoms with Gasteiger partial charge in [-0.05, 0) is 24.1 Å². The molecule has 0 amide bonds. The summed E-state index contributed by atoms with van der Waals surface area (Å²) in [5.41, 5.74) is 6.76. The van der Waals surface area contributed by atoms with Crippen LogP contribution in [-0.2, 0) is 9.47 Å². The number of hydrogen-bond acceptors (Lipinski definition) is 3. The largest absolute Gasteiger partial charge is 0.379 e. The third-order valence-corrected chi connectivity index (χ3v) is 2.90. The van der Waals surface area contributed by atoms with Crippen molar-refractivity contribution in [3.8, 4) is 0 Å². The molecule has 1 atom stereocenters. The zero-order valence-corrected chi connectivity index (χ0v) is 11.7. The van der Waals surface area contributed by atoms with E-state index in [2.05, 4.69) is 6.92 Å². The molecule has 1 aromatic rings. The molecule has 2 N–H and O–H groups in total. The first-order valence-electron chi connectivity index (χ1n) is 6.42. The van der Waals surface area contributed by atoms with E-state index >= 15 is 0 Å². The molecule has 1 rings (SSSR count). The van der Waals surface area contributed by atoms with E-state index < -0.39 is 0 Å². The molecule has 0 aromatic heterocycles. The fourth-order valence-electron chi connectivity index (χ4n) is 1.58. The summed E-state index contributed by atoms with van der Waals surface area (Å²) in [5, 5.41) is 0.720. The zero-order valence-electron chi connectivity index (χ0n) is 10.9. The molecule has 0 bridgehead atoms. The van der Waals surface area contributed by atoms with Gasteiger partial charge >= 0.3 is 0 Å². The maximum atomic E-state index is 5.84. The molecule has 18 heavy (non-hydrogen) atoms. The highest BCUT2D eigenvalue weighted by molar-refractivity contribution is 6.30. The van der Waals surface area contributed by atoms with Gasteiger partial charge in [-0.1, -0.05) is 37.1 Å². The van der Waals surface area contributed by atoms with Crippen molar-refractivity contribution in [3.05, 3.63) is 34.9 Å². The van der Waals surface area contributed by atoms with E-state index in [4.69, 9.17) is 26.8 Å². The lowest BCUT2D eigenvalue weighted by Crippen LogP contribution is -2.18. The summed E-state index contributed by atoms with van der Waals surface area (Å²) in [4.78, 5) is 0. The number of nitrogens with two attached hydrogens (primary N) is 1. The first kappa shape index (κ1) is 15.4. The molecule has 3 nitrogen and oxygen atoms in total. The lowest BCUT2D eigenvalue weighted by atomic mass is 10.1. The van der Waals surface area contributed by atoms with Gasteiger partial charge in [0.1, 0.15) is 0 Å². The molecule has 4 heteroatoms. The Labute approximate surface area is 114 Å². The second-order valence-corrected chi connectivity index (χ2v) is 4.55. The summed E-state index contributed by atoms with van der Waals surface area (Å²) < 4.78 is 11.1. The van der Waals surface area contributed by atoms with Crippen molar-refractivity contribution in [3.63, 3.8) is 0 Å². The molecule has 0 aliphatic rings. The van der Waals surface area contributed by atoms with Crippen LogP contribution in [0, 0.1) is 0 Å². The molecule has 1 aromatic carbocycles. The highest BCUT2D eigenvalue weighted by atomic mass is 35.5. The average Bonchev–Trinajstić information content (AvgIpc) is 2.39. The zero-order chi connectivity index (χ0) is 13.2. The highest BCUT2D eigenvalue weighted by Gasteiger charge is 2.09. The lowest BCUT2D eigenvalue weighted by molar-refractivity contribution is 0.00695. The van der Waals surface area contributed by atoms with Crippen molar-refractivity contribution in [1.29, 1.82) is 0 Å². The average molecular weight is 272 g/mol. The summed E-state index contributed by atoms with van der Waals surface area (Å²) in [6, 6.07) is 7.58. The maximum Gasteiger partial charge on any atom is 0.0948 e. The smallest absolute Gasteiger partial charge is 0.0948 e. The first-order valence-corrected chi connectivity index (χ1v) is 6.80. The van der Waals surface area contributed by atoms with Crippen LogP contribution in [0.5, 0.6) is 0 Å². The molecule has 1 unspecified atom stereocenters. The second-order valence-electron chi connectivity index (χ2n) is 4.11. The van der Waals surface area contributed by atoms with E-state index in [1.54, 1.807) is 0 Å². The minimum atomic E-state index is -0.0861. The minimum Gasteiger partial charge on any atom is -0.379 e. The molecule has 0 fully saturated rings. The van der Waals surface area contributed by atoms with E-state index in [-0.39, 0.29) is 6.10 Å². The van der Waals surface area contributed by atoms with Gasteiger partial charge in [-0.15, -0.1) is 0 Å². The third-order valence-electron chi connectivity index (χ3n) is 2.64. The summed E-state index contributed by atoms with van der Waals surface area (Å²) in [6.45, 7) is 4.58. The monoisotopic (exact) mass is 271 g/mol. The van der Waals surface area contributed by atoms with Crippen LogP contribution >= 0.6 is 11.6 Å². The molecule has 102 valence electrons. The fourth-order valence-corrected chi connectivity index (χ4v) is 1.70. The Morgan fingerprint density at radius 2 is 1.89 bits per heavy atom. The molecule has 0 heterocycles. The van der Waals surface area contributed by atoms with Crippen molar-refractivity contribution in [2.24, 2.45) is 5.73 Å². The topological polar surface area (TPSA) is 44.5 Å². The van der Waals surface area contributed by atoms with E-state index in [0.29, 0.717) is 19.8 Å². The van der Waals surface area contributed by atoms with Crippen molar-refractivity contribution in [1.82, 2.24) is 0 Å².